The molecule has 1 unspecified atom stereocenters. The molecule has 0 radical (unpaired) electrons. The van der Waals surface area contributed by atoms with Crippen LogP contribution < -0.4 is 9.75 Å². The summed E-state index contributed by atoms with van der Waals surface area (Å²) in [6.07, 6.45) is -1.17. The largest absolute Gasteiger partial charge is 0.429 e. The summed E-state index contributed by atoms with van der Waals surface area (Å²) in [5.41, 5.74) is 2.34. The first-order valence-corrected chi connectivity index (χ1v) is 9.98. The number of carbonyl (C=O) groups is 2. The van der Waals surface area contributed by atoms with E-state index in [0.29, 0.717) is 22.4 Å². The van der Waals surface area contributed by atoms with Gasteiger partial charge in [0.25, 0.3) is 6.29 Å². The molecule has 0 saturated heterocycles. The number of rotatable bonds is 3. The summed E-state index contributed by atoms with van der Waals surface area (Å²) < 4.78 is 11.0. The Morgan fingerprint density at radius 3 is 2.34 bits per heavy atom. The van der Waals surface area contributed by atoms with E-state index in [1.165, 1.54) is 18.9 Å². The molecule has 5 rings (SSSR count). The fourth-order valence-corrected chi connectivity index (χ4v) is 3.55. The predicted octanol–water partition coefficient (Wildman–Crippen LogP) is 3.82. The van der Waals surface area contributed by atoms with Crippen molar-refractivity contribution in [1.82, 2.24) is 9.97 Å². The summed E-state index contributed by atoms with van der Waals surface area (Å²) in [5, 5.41) is 7.77. The quantitative estimate of drug-likeness (QED) is 0.365. The van der Waals surface area contributed by atoms with Crippen LogP contribution in [0.1, 0.15) is 19.5 Å². The molecule has 1 amide bonds. The van der Waals surface area contributed by atoms with E-state index in [4.69, 9.17) is 9.47 Å². The van der Waals surface area contributed by atoms with E-state index in [9.17, 15) is 9.59 Å². The van der Waals surface area contributed by atoms with E-state index < -0.39 is 12.3 Å². The van der Waals surface area contributed by atoms with Crippen LogP contribution in [0.3, 0.4) is 0 Å². The molecule has 4 aromatic rings. The summed E-state index contributed by atoms with van der Waals surface area (Å²) in [6.45, 7) is 2.68. The Morgan fingerprint density at radius 2 is 1.62 bits per heavy atom. The number of fused-ring (bicyclic) bond motifs is 3. The first kappa shape index (κ1) is 19.6. The van der Waals surface area contributed by atoms with Crippen LogP contribution in [-0.2, 0) is 14.3 Å². The summed E-state index contributed by atoms with van der Waals surface area (Å²) in [4.78, 5) is 33.3. The average molecular weight is 426 g/mol. The zero-order chi connectivity index (χ0) is 22.2. The van der Waals surface area contributed by atoms with Gasteiger partial charge >= 0.3 is 5.97 Å². The van der Waals surface area contributed by atoms with Gasteiger partial charge in [0.05, 0.1) is 16.7 Å². The number of aromatic nitrogens is 2. The van der Waals surface area contributed by atoms with Crippen LogP contribution in [-0.4, -0.2) is 33.8 Å². The van der Waals surface area contributed by atoms with Crippen molar-refractivity contribution >= 4 is 45.1 Å². The molecule has 1 aliphatic rings. The fraction of sp³-hybridized carbons (Fsp3) is 0.125. The van der Waals surface area contributed by atoms with Gasteiger partial charge in [-0.25, -0.2) is 15.0 Å². The van der Waals surface area contributed by atoms with Gasteiger partial charge < -0.3 is 9.47 Å². The van der Waals surface area contributed by atoms with Crippen molar-refractivity contribution in [3.8, 4) is 5.88 Å². The number of anilines is 1. The van der Waals surface area contributed by atoms with Gasteiger partial charge in [-0.2, -0.15) is 5.10 Å². The molecule has 8 nitrogen and oxygen atoms in total. The highest BCUT2D eigenvalue weighted by Gasteiger charge is 2.37. The molecule has 3 aromatic carbocycles. The number of esters is 1. The second-order valence-corrected chi connectivity index (χ2v) is 7.27. The second-order valence-electron chi connectivity index (χ2n) is 7.27. The summed E-state index contributed by atoms with van der Waals surface area (Å²) in [7, 11) is 0. The standard InChI is InChI=1S/C24H18N4O4/c1-14(29)28(18-12-11-16-7-3-4-8-17(16)13-18)27-22-21-23(32-24(22)31-15(2)30)26-20-10-6-5-9-19(20)25-21/h3-13,24H,1-2H3/b27-22-. The molecular weight excluding hydrogens is 408 g/mol. The van der Waals surface area contributed by atoms with Gasteiger partial charge in [0.2, 0.25) is 11.8 Å². The maximum Gasteiger partial charge on any atom is 0.306 e. The highest BCUT2D eigenvalue weighted by molar-refractivity contribution is 6.09. The lowest BCUT2D eigenvalue weighted by Gasteiger charge is -2.18. The summed E-state index contributed by atoms with van der Waals surface area (Å²) >= 11 is 0. The molecular formula is C24H18N4O4. The molecule has 1 aromatic heterocycles. The van der Waals surface area contributed by atoms with Crippen LogP contribution in [0.2, 0.25) is 0 Å². The Labute approximate surface area is 183 Å². The molecule has 0 spiro atoms. The van der Waals surface area contributed by atoms with Crippen molar-refractivity contribution in [2.75, 3.05) is 5.01 Å². The molecule has 8 heteroatoms. The molecule has 32 heavy (non-hydrogen) atoms. The lowest BCUT2D eigenvalue weighted by atomic mass is 10.1. The normalized spacial score (nSPS) is 16.1. The summed E-state index contributed by atoms with van der Waals surface area (Å²) in [5.74, 6) is -0.688. The van der Waals surface area contributed by atoms with Crippen molar-refractivity contribution in [3.05, 3.63) is 72.4 Å². The number of amides is 1. The number of hydrazone groups is 1. The number of para-hydroxylation sites is 2. The molecule has 0 aliphatic carbocycles. The van der Waals surface area contributed by atoms with Gasteiger partial charge in [-0.05, 0) is 35.0 Å². The van der Waals surface area contributed by atoms with Crippen LogP contribution in [0.5, 0.6) is 5.88 Å². The Morgan fingerprint density at radius 1 is 0.938 bits per heavy atom. The molecule has 1 aliphatic heterocycles. The highest BCUT2D eigenvalue weighted by Crippen LogP contribution is 2.30. The third-order valence-corrected chi connectivity index (χ3v) is 4.98. The highest BCUT2D eigenvalue weighted by atomic mass is 16.7. The Bertz CT molecular complexity index is 1420. The first-order chi connectivity index (χ1) is 15.5. The number of benzene rings is 3. The van der Waals surface area contributed by atoms with Gasteiger partial charge in [-0.1, -0.05) is 42.5 Å². The van der Waals surface area contributed by atoms with Gasteiger partial charge in [0.15, 0.2) is 11.4 Å². The lowest BCUT2D eigenvalue weighted by Crippen LogP contribution is -2.32. The van der Waals surface area contributed by atoms with Gasteiger partial charge in [0.1, 0.15) is 0 Å². The lowest BCUT2D eigenvalue weighted by molar-refractivity contribution is -0.152. The maximum atomic E-state index is 12.6. The van der Waals surface area contributed by atoms with Crippen LogP contribution in [0.4, 0.5) is 5.69 Å². The van der Waals surface area contributed by atoms with Crippen molar-refractivity contribution in [2.24, 2.45) is 5.10 Å². The molecule has 0 fully saturated rings. The number of hydrogen-bond donors (Lipinski definition) is 0. The maximum absolute atomic E-state index is 12.6. The number of nitrogens with zero attached hydrogens (tertiary/aromatic N) is 4. The monoisotopic (exact) mass is 426 g/mol. The van der Waals surface area contributed by atoms with Gasteiger partial charge in [0, 0.05) is 13.8 Å². The smallest absolute Gasteiger partial charge is 0.306 e. The zero-order valence-electron chi connectivity index (χ0n) is 17.4. The van der Waals surface area contributed by atoms with E-state index in [1.807, 2.05) is 54.6 Å². The van der Waals surface area contributed by atoms with Crippen molar-refractivity contribution in [3.63, 3.8) is 0 Å². The third-order valence-electron chi connectivity index (χ3n) is 4.98. The van der Waals surface area contributed by atoms with Crippen molar-refractivity contribution in [1.29, 1.82) is 0 Å². The second kappa shape index (κ2) is 7.73. The molecule has 0 N–H and O–H groups in total. The SMILES string of the molecule is CC(=O)OC1Oc2nc3ccccc3nc2/C1=N/N(C(C)=O)c1ccc2ccccc2c1. The predicted molar refractivity (Wildman–Crippen MR) is 119 cm³/mol. The van der Waals surface area contributed by atoms with E-state index in [-0.39, 0.29) is 17.5 Å². The van der Waals surface area contributed by atoms with Crippen LogP contribution in [0.25, 0.3) is 21.8 Å². The number of ether oxygens (including phenoxy) is 2. The Hall–Kier alpha value is -4.33. The zero-order valence-corrected chi connectivity index (χ0v) is 17.4. The molecule has 0 bridgehead atoms. The van der Waals surface area contributed by atoms with Crippen LogP contribution >= 0.6 is 0 Å². The van der Waals surface area contributed by atoms with Crippen molar-refractivity contribution in [2.45, 2.75) is 20.1 Å². The third kappa shape index (κ3) is 3.51. The minimum Gasteiger partial charge on any atom is -0.429 e. The van der Waals surface area contributed by atoms with E-state index >= 15 is 0 Å². The van der Waals surface area contributed by atoms with Gasteiger partial charge in [-0.15, -0.1) is 0 Å². The van der Waals surface area contributed by atoms with E-state index in [1.54, 1.807) is 12.1 Å². The Balaban J connectivity index is 1.65. The minimum atomic E-state index is -1.17. The van der Waals surface area contributed by atoms with Crippen LogP contribution in [0, 0.1) is 0 Å². The molecule has 2 heterocycles. The molecule has 0 saturated carbocycles. The van der Waals surface area contributed by atoms with Gasteiger partial charge in [-0.3, -0.25) is 9.59 Å². The molecule has 158 valence electrons. The average Bonchev–Trinajstić information content (AvgIpc) is 3.10. The first-order valence-electron chi connectivity index (χ1n) is 9.98. The number of hydrogen-bond acceptors (Lipinski definition) is 7. The fourth-order valence-electron chi connectivity index (χ4n) is 3.55. The summed E-state index contributed by atoms with van der Waals surface area (Å²) in [6, 6.07) is 20.7. The minimum absolute atomic E-state index is 0.190. The van der Waals surface area contributed by atoms with Crippen LogP contribution in [0.15, 0.2) is 71.8 Å². The molecule has 1 atom stereocenters. The number of carbonyl (C=O) groups excluding carboxylic acids is 2. The topological polar surface area (TPSA) is 94.0 Å². The van der Waals surface area contributed by atoms with E-state index in [2.05, 4.69) is 15.1 Å². The Kier molecular flexibility index (Phi) is 4.74. The van der Waals surface area contributed by atoms with Crippen molar-refractivity contribution < 1.29 is 19.1 Å². The van der Waals surface area contributed by atoms with E-state index in [0.717, 1.165) is 10.8 Å².